The van der Waals surface area contributed by atoms with E-state index < -0.39 is 0 Å². The van der Waals surface area contributed by atoms with Crippen LogP contribution in [0.25, 0.3) is 0 Å². The molecule has 6 heteroatoms. The highest BCUT2D eigenvalue weighted by atomic mass is 35.5. The fourth-order valence-corrected chi connectivity index (χ4v) is 3.60. The second-order valence-electron chi connectivity index (χ2n) is 6.04. The van der Waals surface area contributed by atoms with Crippen LogP contribution < -0.4 is 5.32 Å². The van der Waals surface area contributed by atoms with Gasteiger partial charge < -0.3 is 10.1 Å². The van der Waals surface area contributed by atoms with Crippen molar-refractivity contribution in [2.75, 3.05) is 26.2 Å². The standard InChI is InChI=1S/C15H25ClN4O/c1-3-20-14(15(16)11(2)18-20)8-17-7-13-9-19-6-4-5-12(19)10-21-13/h12-13,17H,3-10H2,1-2H3. The molecule has 0 spiro atoms. The van der Waals surface area contributed by atoms with E-state index in [0.29, 0.717) is 6.04 Å². The van der Waals surface area contributed by atoms with Gasteiger partial charge in [-0.3, -0.25) is 9.58 Å². The number of aromatic nitrogens is 2. The van der Waals surface area contributed by atoms with Crippen molar-refractivity contribution in [1.82, 2.24) is 20.0 Å². The molecule has 3 heterocycles. The van der Waals surface area contributed by atoms with E-state index in [1.807, 2.05) is 11.6 Å². The molecule has 2 fully saturated rings. The van der Waals surface area contributed by atoms with Crippen molar-refractivity contribution in [3.8, 4) is 0 Å². The molecular formula is C15H25ClN4O. The quantitative estimate of drug-likeness (QED) is 0.900. The van der Waals surface area contributed by atoms with Gasteiger partial charge in [-0.15, -0.1) is 0 Å². The summed E-state index contributed by atoms with van der Waals surface area (Å²) in [6.45, 7) is 9.68. The third-order valence-electron chi connectivity index (χ3n) is 4.58. The first-order valence-electron chi connectivity index (χ1n) is 7.97. The molecule has 0 bridgehead atoms. The molecule has 2 aliphatic heterocycles. The van der Waals surface area contributed by atoms with E-state index in [9.17, 15) is 0 Å². The van der Waals surface area contributed by atoms with E-state index in [1.165, 1.54) is 19.4 Å². The Hall–Kier alpha value is -0.620. The van der Waals surface area contributed by atoms with E-state index in [4.69, 9.17) is 16.3 Å². The van der Waals surface area contributed by atoms with Gasteiger partial charge in [0.15, 0.2) is 0 Å². The molecule has 2 aliphatic rings. The lowest BCUT2D eigenvalue weighted by Gasteiger charge is -2.35. The number of halogens is 1. The average molecular weight is 313 g/mol. The molecule has 118 valence electrons. The fraction of sp³-hybridized carbons (Fsp3) is 0.800. The molecule has 0 aliphatic carbocycles. The van der Waals surface area contributed by atoms with Crippen molar-refractivity contribution in [3.05, 3.63) is 16.4 Å². The van der Waals surface area contributed by atoms with Crippen LogP contribution in [0.2, 0.25) is 5.02 Å². The second kappa shape index (κ2) is 6.65. The smallest absolute Gasteiger partial charge is 0.0860 e. The lowest BCUT2D eigenvalue weighted by molar-refractivity contribution is -0.0470. The molecule has 3 rings (SSSR count). The summed E-state index contributed by atoms with van der Waals surface area (Å²) in [5, 5.41) is 8.71. The minimum absolute atomic E-state index is 0.289. The van der Waals surface area contributed by atoms with Crippen LogP contribution >= 0.6 is 11.6 Å². The highest BCUT2D eigenvalue weighted by Crippen LogP contribution is 2.23. The summed E-state index contributed by atoms with van der Waals surface area (Å²) in [6.07, 6.45) is 2.90. The summed E-state index contributed by atoms with van der Waals surface area (Å²) < 4.78 is 7.94. The van der Waals surface area contributed by atoms with E-state index in [-0.39, 0.29) is 6.10 Å². The van der Waals surface area contributed by atoms with Crippen LogP contribution in [-0.4, -0.2) is 53.1 Å². The Morgan fingerprint density at radius 2 is 2.33 bits per heavy atom. The Morgan fingerprint density at radius 3 is 3.14 bits per heavy atom. The maximum atomic E-state index is 6.32. The van der Waals surface area contributed by atoms with Crippen LogP contribution in [0.5, 0.6) is 0 Å². The van der Waals surface area contributed by atoms with Crippen molar-refractivity contribution >= 4 is 11.6 Å². The minimum atomic E-state index is 0.289. The number of morpholine rings is 1. The number of ether oxygens (including phenoxy) is 1. The van der Waals surface area contributed by atoms with Crippen LogP contribution in [-0.2, 0) is 17.8 Å². The van der Waals surface area contributed by atoms with Gasteiger partial charge >= 0.3 is 0 Å². The van der Waals surface area contributed by atoms with Crippen LogP contribution in [0.15, 0.2) is 0 Å². The highest BCUT2D eigenvalue weighted by molar-refractivity contribution is 6.31. The van der Waals surface area contributed by atoms with Crippen LogP contribution in [0.3, 0.4) is 0 Å². The summed E-state index contributed by atoms with van der Waals surface area (Å²) in [7, 11) is 0. The van der Waals surface area contributed by atoms with Gasteiger partial charge in [-0.1, -0.05) is 11.6 Å². The summed E-state index contributed by atoms with van der Waals surface area (Å²) >= 11 is 6.32. The van der Waals surface area contributed by atoms with Gasteiger partial charge in [0.05, 0.1) is 29.1 Å². The largest absolute Gasteiger partial charge is 0.374 e. The number of nitrogens with zero attached hydrogens (tertiary/aromatic N) is 3. The molecule has 2 atom stereocenters. The normalized spacial score (nSPS) is 26.2. The average Bonchev–Trinajstić information content (AvgIpc) is 3.05. The van der Waals surface area contributed by atoms with Gasteiger partial charge in [-0.05, 0) is 33.2 Å². The van der Waals surface area contributed by atoms with Crippen molar-refractivity contribution in [1.29, 1.82) is 0 Å². The monoisotopic (exact) mass is 312 g/mol. The maximum Gasteiger partial charge on any atom is 0.0860 e. The van der Waals surface area contributed by atoms with Gasteiger partial charge in [0, 0.05) is 32.2 Å². The first-order chi connectivity index (χ1) is 10.2. The molecule has 0 saturated carbocycles. The van der Waals surface area contributed by atoms with Crippen molar-refractivity contribution < 1.29 is 4.74 Å². The molecule has 1 aromatic heterocycles. The van der Waals surface area contributed by atoms with Gasteiger partial charge in [0.2, 0.25) is 0 Å². The Balaban J connectivity index is 1.50. The molecule has 0 amide bonds. The number of hydrogen-bond acceptors (Lipinski definition) is 4. The number of hydrogen-bond donors (Lipinski definition) is 1. The Bertz CT molecular complexity index is 490. The summed E-state index contributed by atoms with van der Waals surface area (Å²) in [5.41, 5.74) is 1.98. The third-order valence-corrected chi connectivity index (χ3v) is 5.07. The van der Waals surface area contributed by atoms with Gasteiger partial charge in [-0.2, -0.15) is 5.10 Å². The summed E-state index contributed by atoms with van der Waals surface area (Å²) in [5.74, 6) is 0. The Labute approximate surface area is 131 Å². The Morgan fingerprint density at radius 1 is 1.48 bits per heavy atom. The molecule has 0 aromatic carbocycles. The fourth-order valence-electron chi connectivity index (χ4n) is 3.40. The van der Waals surface area contributed by atoms with Crippen LogP contribution in [0.1, 0.15) is 31.2 Å². The zero-order valence-corrected chi connectivity index (χ0v) is 13.7. The van der Waals surface area contributed by atoms with Crippen LogP contribution in [0, 0.1) is 6.92 Å². The molecule has 1 aromatic rings. The molecular weight excluding hydrogens is 288 g/mol. The number of rotatable bonds is 5. The van der Waals surface area contributed by atoms with Gasteiger partial charge in [0.1, 0.15) is 0 Å². The van der Waals surface area contributed by atoms with Crippen LogP contribution in [0.4, 0.5) is 0 Å². The van der Waals surface area contributed by atoms with E-state index in [1.54, 1.807) is 0 Å². The molecule has 21 heavy (non-hydrogen) atoms. The zero-order valence-electron chi connectivity index (χ0n) is 12.9. The number of aryl methyl sites for hydroxylation is 2. The third kappa shape index (κ3) is 3.26. The SMILES string of the molecule is CCn1nc(C)c(Cl)c1CNCC1CN2CCCC2CO1. The molecule has 0 radical (unpaired) electrons. The highest BCUT2D eigenvalue weighted by Gasteiger charge is 2.31. The number of nitrogens with one attached hydrogen (secondary N) is 1. The zero-order chi connectivity index (χ0) is 14.8. The lowest BCUT2D eigenvalue weighted by atomic mass is 10.2. The summed E-state index contributed by atoms with van der Waals surface area (Å²) in [4.78, 5) is 2.57. The van der Waals surface area contributed by atoms with E-state index >= 15 is 0 Å². The van der Waals surface area contributed by atoms with E-state index in [0.717, 1.165) is 49.2 Å². The molecule has 1 N–H and O–H groups in total. The van der Waals surface area contributed by atoms with Gasteiger partial charge in [0.25, 0.3) is 0 Å². The molecule has 2 unspecified atom stereocenters. The van der Waals surface area contributed by atoms with Crippen molar-refractivity contribution in [2.24, 2.45) is 0 Å². The van der Waals surface area contributed by atoms with E-state index in [2.05, 4.69) is 22.2 Å². The number of fused-ring (bicyclic) bond motifs is 1. The molecule has 5 nitrogen and oxygen atoms in total. The lowest BCUT2D eigenvalue weighted by Crippen LogP contribution is -2.49. The first kappa shape index (κ1) is 15.3. The second-order valence-corrected chi connectivity index (χ2v) is 6.42. The predicted molar refractivity (Wildman–Crippen MR) is 83.7 cm³/mol. The topological polar surface area (TPSA) is 42.3 Å². The minimum Gasteiger partial charge on any atom is -0.374 e. The predicted octanol–water partition coefficient (Wildman–Crippen LogP) is 1.82. The Kier molecular flexibility index (Phi) is 4.84. The van der Waals surface area contributed by atoms with Crippen molar-refractivity contribution in [2.45, 2.75) is 51.9 Å². The maximum absolute atomic E-state index is 6.32. The van der Waals surface area contributed by atoms with Gasteiger partial charge in [-0.25, -0.2) is 0 Å². The molecule has 2 saturated heterocycles. The summed E-state index contributed by atoms with van der Waals surface area (Å²) in [6, 6.07) is 0.667. The first-order valence-corrected chi connectivity index (χ1v) is 8.35. The van der Waals surface area contributed by atoms with Crippen molar-refractivity contribution in [3.63, 3.8) is 0 Å².